The molecule has 116 valence electrons. The van der Waals surface area contributed by atoms with E-state index in [4.69, 9.17) is 10.5 Å². The number of nitrogens with two attached hydrogens (primary N) is 1. The summed E-state index contributed by atoms with van der Waals surface area (Å²) in [5, 5.41) is 5.35. The number of ether oxygens (including phenoxy) is 1. The predicted molar refractivity (Wildman–Crippen MR) is 80.6 cm³/mol. The van der Waals surface area contributed by atoms with Crippen LogP contribution in [0.5, 0.6) is 0 Å². The van der Waals surface area contributed by atoms with Gasteiger partial charge in [0.1, 0.15) is 0 Å². The molecule has 4 N–H and O–H groups in total. The van der Waals surface area contributed by atoms with Gasteiger partial charge in [0.25, 0.3) is 0 Å². The minimum absolute atomic E-state index is 0.121. The van der Waals surface area contributed by atoms with E-state index >= 15 is 0 Å². The summed E-state index contributed by atoms with van der Waals surface area (Å²) in [5.74, 6) is -0.368. The number of rotatable bonds is 9. The average molecular weight is 293 g/mol. The van der Waals surface area contributed by atoms with Crippen LogP contribution >= 0.6 is 0 Å². The summed E-state index contributed by atoms with van der Waals surface area (Å²) in [5.41, 5.74) is 6.85. The normalized spacial score (nSPS) is 11.7. The molecule has 2 amide bonds. The maximum Gasteiger partial charge on any atom is 0.237 e. The zero-order valence-corrected chi connectivity index (χ0v) is 12.3. The molecular formula is C15H23N3O3. The second-order valence-corrected chi connectivity index (χ2v) is 4.68. The fourth-order valence-electron chi connectivity index (χ4n) is 1.77. The molecule has 6 nitrogen and oxygen atoms in total. The van der Waals surface area contributed by atoms with Crippen molar-refractivity contribution in [1.29, 1.82) is 0 Å². The Balaban J connectivity index is 2.19. The van der Waals surface area contributed by atoms with Gasteiger partial charge in [-0.05, 0) is 12.0 Å². The average Bonchev–Trinajstić information content (AvgIpc) is 2.48. The van der Waals surface area contributed by atoms with E-state index in [-0.39, 0.29) is 24.8 Å². The molecule has 1 unspecified atom stereocenters. The number of nitrogens with one attached hydrogen (secondary N) is 2. The SMILES string of the molecule is COCCNC(=O)CCNC(=O)C(N)Cc1ccccc1. The molecule has 0 aliphatic carbocycles. The van der Waals surface area contributed by atoms with Gasteiger partial charge in [-0.25, -0.2) is 0 Å². The van der Waals surface area contributed by atoms with E-state index in [2.05, 4.69) is 10.6 Å². The summed E-state index contributed by atoms with van der Waals surface area (Å²) >= 11 is 0. The molecule has 0 heterocycles. The van der Waals surface area contributed by atoms with Crippen LogP contribution in [-0.2, 0) is 20.7 Å². The first kappa shape index (κ1) is 17.1. The van der Waals surface area contributed by atoms with Crippen molar-refractivity contribution in [1.82, 2.24) is 10.6 Å². The summed E-state index contributed by atoms with van der Waals surface area (Å²) in [6, 6.07) is 8.97. The maximum absolute atomic E-state index is 11.8. The maximum atomic E-state index is 11.8. The first-order chi connectivity index (χ1) is 10.1. The minimum Gasteiger partial charge on any atom is -0.383 e. The summed E-state index contributed by atoms with van der Waals surface area (Å²) in [7, 11) is 1.57. The minimum atomic E-state index is -0.607. The smallest absolute Gasteiger partial charge is 0.237 e. The lowest BCUT2D eigenvalue weighted by Crippen LogP contribution is -2.43. The molecule has 0 aliphatic rings. The van der Waals surface area contributed by atoms with E-state index in [0.29, 0.717) is 19.6 Å². The predicted octanol–water partition coefficient (Wildman–Crippen LogP) is -0.175. The molecule has 1 rings (SSSR count). The lowest BCUT2D eigenvalue weighted by molar-refractivity contribution is -0.123. The fraction of sp³-hybridized carbons (Fsp3) is 0.467. The van der Waals surface area contributed by atoms with Crippen LogP contribution in [0.4, 0.5) is 0 Å². The Hall–Kier alpha value is -1.92. The standard InChI is InChI=1S/C15H23N3O3/c1-21-10-9-17-14(19)7-8-18-15(20)13(16)11-12-5-3-2-4-6-12/h2-6,13H,7-11,16H2,1H3,(H,17,19)(H,18,20). The Morgan fingerprint density at radius 1 is 1.19 bits per heavy atom. The Bertz CT molecular complexity index is 437. The van der Waals surface area contributed by atoms with Gasteiger partial charge in [0.2, 0.25) is 11.8 Å². The second-order valence-electron chi connectivity index (χ2n) is 4.68. The third kappa shape index (κ3) is 7.43. The summed E-state index contributed by atoms with van der Waals surface area (Å²) in [6.45, 7) is 1.22. The molecule has 0 saturated heterocycles. The van der Waals surface area contributed by atoms with Gasteiger partial charge in [0.05, 0.1) is 12.6 Å². The van der Waals surface area contributed by atoms with Crippen LogP contribution in [0.2, 0.25) is 0 Å². The zero-order valence-electron chi connectivity index (χ0n) is 12.3. The molecule has 0 aromatic heterocycles. The first-order valence-corrected chi connectivity index (χ1v) is 6.96. The van der Waals surface area contributed by atoms with Crippen molar-refractivity contribution >= 4 is 11.8 Å². The molecule has 0 saturated carbocycles. The van der Waals surface area contributed by atoms with Gasteiger partial charge in [-0.3, -0.25) is 9.59 Å². The Kier molecular flexibility index (Phi) is 8.08. The first-order valence-electron chi connectivity index (χ1n) is 6.96. The Morgan fingerprint density at radius 3 is 2.57 bits per heavy atom. The highest BCUT2D eigenvalue weighted by molar-refractivity contribution is 5.82. The Labute approximate surface area is 125 Å². The van der Waals surface area contributed by atoms with E-state index < -0.39 is 6.04 Å². The van der Waals surface area contributed by atoms with Gasteiger partial charge in [-0.2, -0.15) is 0 Å². The van der Waals surface area contributed by atoms with Gasteiger partial charge in [0.15, 0.2) is 0 Å². The molecule has 6 heteroatoms. The van der Waals surface area contributed by atoms with Crippen LogP contribution in [0.1, 0.15) is 12.0 Å². The molecule has 0 spiro atoms. The van der Waals surface area contributed by atoms with Crippen LogP contribution in [0, 0.1) is 0 Å². The molecule has 0 radical (unpaired) electrons. The van der Waals surface area contributed by atoms with Crippen LogP contribution < -0.4 is 16.4 Å². The Morgan fingerprint density at radius 2 is 1.90 bits per heavy atom. The van der Waals surface area contributed by atoms with Gasteiger partial charge in [-0.15, -0.1) is 0 Å². The topological polar surface area (TPSA) is 93.5 Å². The number of hydrogen-bond donors (Lipinski definition) is 3. The van der Waals surface area contributed by atoms with Crippen molar-refractivity contribution in [3.05, 3.63) is 35.9 Å². The van der Waals surface area contributed by atoms with Crippen LogP contribution in [0.15, 0.2) is 30.3 Å². The van der Waals surface area contributed by atoms with Gasteiger partial charge in [0, 0.05) is 26.6 Å². The highest BCUT2D eigenvalue weighted by Gasteiger charge is 2.13. The highest BCUT2D eigenvalue weighted by atomic mass is 16.5. The van der Waals surface area contributed by atoms with Crippen molar-refractivity contribution in [3.8, 4) is 0 Å². The number of amides is 2. The summed E-state index contributed by atoms with van der Waals surface area (Å²) in [4.78, 5) is 23.2. The molecule has 1 aromatic rings. The lowest BCUT2D eigenvalue weighted by Gasteiger charge is -2.12. The molecule has 0 bridgehead atoms. The molecule has 1 aromatic carbocycles. The number of benzene rings is 1. The van der Waals surface area contributed by atoms with Crippen molar-refractivity contribution in [3.63, 3.8) is 0 Å². The van der Waals surface area contributed by atoms with E-state index in [1.165, 1.54) is 0 Å². The molecule has 0 fully saturated rings. The molecule has 21 heavy (non-hydrogen) atoms. The van der Waals surface area contributed by atoms with Crippen molar-refractivity contribution in [2.45, 2.75) is 18.9 Å². The number of carbonyl (C=O) groups excluding carboxylic acids is 2. The molecule has 0 aliphatic heterocycles. The molecule has 1 atom stereocenters. The fourth-order valence-corrected chi connectivity index (χ4v) is 1.77. The van der Waals surface area contributed by atoms with Crippen LogP contribution in [0.25, 0.3) is 0 Å². The van der Waals surface area contributed by atoms with E-state index in [9.17, 15) is 9.59 Å². The van der Waals surface area contributed by atoms with E-state index in [1.54, 1.807) is 7.11 Å². The third-order valence-electron chi connectivity index (χ3n) is 2.91. The highest BCUT2D eigenvalue weighted by Crippen LogP contribution is 2.01. The second kappa shape index (κ2) is 9.90. The quantitative estimate of drug-likeness (QED) is 0.551. The number of carbonyl (C=O) groups is 2. The summed E-state index contributed by atoms with van der Waals surface area (Å²) < 4.78 is 4.82. The van der Waals surface area contributed by atoms with Gasteiger partial charge < -0.3 is 21.1 Å². The summed E-state index contributed by atoms with van der Waals surface area (Å²) in [6.07, 6.45) is 0.709. The number of methoxy groups -OCH3 is 1. The van der Waals surface area contributed by atoms with E-state index in [0.717, 1.165) is 5.56 Å². The van der Waals surface area contributed by atoms with Crippen molar-refractivity contribution < 1.29 is 14.3 Å². The number of hydrogen-bond acceptors (Lipinski definition) is 4. The van der Waals surface area contributed by atoms with E-state index in [1.807, 2.05) is 30.3 Å². The van der Waals surface area contributed by atoms with Crippen molar-refractivity contribution in [2.75, 3.05) is 26.8 Å². The van der Waals surface area contributed by atoms with Crippen molar-refractivity contribution in [2.24, 2.45) is 5.73 Å². The molecular weight excluding hydrogens is 270 g/mol. The zero-order chi connectivity index (χ0) is 15.5. The van der Waals surface area contributed by atoms with Crippen LogP contribution in [0.3, 0.4) is 0 Å². The lowest BCUT2D eigenvalue weighted by atomic mass is 10.1. The van der Waals surface area contributed by atoms with Gasteiger partial charge in [-0.1, -0.05) is 30.3 Å². The monoisotopic (exact) mass is 293 g/mol. The largest absolute Gasteiger partial charge is 0.383 e. The van der Waals surface area contributed by atoms with Gasteiger partial charge >= 0.3 is 0 Å². The third-order valence-corrected chi connectivity index (χ3v) is 2.91. The van der Waals surface area contributed by atoms with Crippen LogP contribution in [-0.4, -0.2) is 44.7 Å².